The van der Waals surface area contributed by atoms with Crippen LogP contribution in [-0.2, 0) is 17.8 Å². The van der Waals surface area contributed by atoms with Crippen molar-refractivity contribution in [2.45, 2.75) is 13.0 Å². The first kappa shape index (κ1) is 14.0. The Labute approximate surface area is 128 Å². The van der Waals surface area contributed by atoms with Crippen LogP contribution in [0.5, 0.6) is 0 Å². The summed E-state index contributed by atoms with van der Waals surface area (Å²) < 4.78 is 5.20. The van der Waals surface area contributed by atoms with Crippen molar-refractivity contribution in [3.8, 4) is 0 Å². The van der Waals surface area contributed by atoms with E-state index in [1.807, 2.05) is 12.1 Å². The maximum absolute atomic E-state index is 12.7. The van der Waals surface area contributed by atoms with Crippen molar-refractivity contribution < 1.29 is 9.53 Å². The Balaban J connectivity index is 1.99. The second kappa shape index (κ2) is 5.84. The number of anilines is 1. The largest absolute Gasteiger partial charge is 0.380 e. The second-order valence-electron chi connectivity index (χ2n) is 4.95. The number of benzene rings is 1. The predicted octanol–water partition coefficient (Wildman–Crippen LogP) is 3.08. The number of hydrogen-bond donors (Lipinski definition) is 0. The molecule has 21 heavy (non-hydrogen) atoms. The highest BCUT2D eigenvalue weighted by atomic mass is 35.5. The van der Waals surface area contributed by atoms with E-state index in [0.717, 1.165) is 23.2 Å². The molecule has 1 aliphatic rings. The van der Waals surface area contributed by atoms with E-state index in [-0.39, 0.29) is 5.91 Å². The molecule has 0 spiro atoms. The molecule has 108 valence electrons. The zero-order valence-corrected chi connectivity index (χ0v) is 12.4. The number of nitrogens with zero attached hydrogens (tertiary/aromatic N) is 2. The van der Waals surface area contributed by atoms with Crippen LogP contribution in [0.4, 0.5) is 5.69 Å². The van der Waals surface area contributed by atoms with Crippen molar-refractivity contribution in [3.05, 3.63) is 58.4 Å². The van der Waals surface area contributed by atoms with Gasteiger partial charge in [-0.2, -0.15) is 0 Å². The van der Waals surface area contributed by atoms with Crippen LogP contribution in [0, 0.1) is 0 Å². The van der Waals surface area contributed by atoms with Gasteiger partial charge in [-0.3, -0.25) is 9.78 Å². The highest BCUT2D eigenvalue weighted by molar-refractivity contribution is 6.30. The summed E-state index contributed by atoms with van der Waals surface area (Å²) >= 11 is 5.99. The van der Waals surface area contributed by atoms with Crippen molar-refractivity contribution in [3.63, 3.8) is 0 Å². The van der Waals surface area contributed by atoms with Crippen molar-refractivity contribution >= 4 is 23.2 Å². The molecule has 1 aliphatic heterocycles. The van der Waals surface area contributed by atoms with E-state index in [2.05, 4.69) is 4.98 Å². The van der Waals surface area contributed by atoms with Gasteiger partial charge in [0.15, 0.2) is 0 Å². The van der Waals surface area contributed by atoms with Crippen LogP contribution in [-0.4, -0.2) is 24.5 Å². The first-order valence-electron chi connectivity index (χ1n) is 6.73. The molecule has 4 nitrogen and oxygen atoms in total. The van der Waals surface area contributed by atoms with E-state index in [1.54, 1.807) is 36.5 Å². The lowest BCUT2D eigenvalue weighted by Gasteiger charge is -2.29. The Morgan fingerprint density at radius 1 is 1.38 bits per heavy atom. The number of methoxy groups -OCH3 is 1. The van der Waals surface area contributed by atoms with Crippen LogP contribution in [0.15, 0.2) is 36.7 Å². The molecule has 1 aromatic carbocycles. The lowest BCUT2D eigenvalue weighted by atomic mass is 9.98. The Morgan fingerprint density at radius 2 is 2.24 bits per heavy atom. The van der Waals surface area contributed by atoms with E-state index >= 15 is 0 Å². The summed E-state index contributed by atoms with van der Waals surface area (Å²) in [5.74, 6) is -0.0155. The highest BCUT2D eigenvalue weighted by Gasteiger charge is 2.27. The van der Waals surface area contributed by atoms with E-state index in [4.69, 9.17) is 16.3 Å². The van der Waals surface area contributed by atoms with Crippen LogP contribution in [0.3, 0.4) is 0 Å². The normalized spacial score (nSPS) is 14.2. The summed E-state index contributed by atoms with van der Waals surface area (Å²) in [6.45, 7) is 1.07. The molecule has 2 heterocycles. The monoisotopic (exact) mass is 302 g/mol. The van der Waals surface area contributed by atoms with Crippen molar-refractivity contribution in [1.29, 1.82) is 0 Å². The Hall–Kier alpha value is -1.91. The summed E-state index contributed by atoms with van der Waals surface area (Å²) in [5.41, 5.74) is 3.47. The van der Waals surface area contributed by atoms with Gasteiger partial charge in [-0.15, -0.1) is 0 Å². The third-order valence-corrected chi connectivity index (χ3v) is 3.86. The van der Waals surface area contributed by atoms with Gasteiger partial charge in [-0.1, -0.05) is 11.6 Å². The number of halogens is 1. The van der Waals surface area contributed by atoms with E-state index in [9.17, 15) is 4.79 Å². The number of pyridine rings is 1. The molecule has 0 aliphatic carbocycles. The summed E-state index contributed by atoms with van der Waals surface area (Å²) in [5, 5.41) is 0.663. The number of carbonyl (C=O) groups excluding carboxylic acids is 1. The van der Waals surface area contributed by atoms with Gasteiger partial charge in [0.1, 0.15) is 0 Å². The van der Waals surface area contributed by atoms with E-state index in [0.29, 0.717) is 23.7 Å². The summed E-state index contributed by atoms with van der Waals surface area (Å²) in [4.78, 5) is 18.6. The van der Waals surface area contributed by atoms with Gasteiger partial charge < -0.3 is 9.64 Å². The zero-order valence-electron chi connectivity index (χ0n) is 11.7. The predicted molar refractivity (Wildman–Crippen MR) is 81.8 cm³/mol. The lowest BCUT2D eigenvalue weighted by Crippen LogP contribution is -2.38. The van der Waals surface area contributed by atoms with E-state index < -0.39 is 0 Å². The zero-order chi connectivity index (χ0) is 14.8. The molecule has 0 saturated heterocycles. The van der Waals surface area contributed by atoms with Crippen LogP contribution in [0.2, 0.25) is 5.02 Å². The smallest absolute Gasteiger partial charge is 0.258 e. The number of ether oxygens (including phenoxy) is 1. The summed E-state index contributed by atoms with van der Waals surface area (Å²) in [7, 11) is 1.64. The molecule has 2 aromatic rings. The molecule has 1 amide bonds. The van der Waals surface area contributed by atoms with Gasteiger partial charge in [0.2, 0.25) is 0 Å². The highest BCUT2D eigenvalue weighted by Crippen LogP contribution is 2.28. The Morgan fingerprint density at radius 3 is 3.05 bits per heavy atom. The van der Waals surface area contributed by atoms with Crippen LogP contribution >= 0.6 is 11.6 Å². The van der Waals surface area contributed by atoms with Gasteiger partial charge in [-0.25, -0.2) is 0 Å². The molecule has 0 fully saturated rings. The molecule has 0 atom stereocenters. The number of carbonyl (C=O) groups is 1. The standard InChI is InChI=1S/C16H15ClN2O2/c1-21-10-12-4-6-18-9-15(12)19-7-5-11-8-13(17)2-3-14(11)16(19)20/h2-4,6,8-9H,5,7,10H2,1H3. The van der Waals surface area contributed by atoms with Gasteiger partial charge >= 0.3 is 0 Å². The second-order valence-corrected chi connectivity index (χ2v) is 5.38. The summed E-state index contributed by atoms with van der Waals surface area (Å²) in [6, 6.07) is 7.29. The minimum absolute atomic E-state index is 0.0155. The maximum Gasteiger partial charge on any atom is 0.258 e. The van der Waals surface area contributed by atoms with Gasteiger partial charge in [0.25, 0.3) is 5.91 Å². The number of rotatable bonds is 3. The fourth-order valence-electron chi connectivity index (χ4n) is 2.62. The van der Waals surface area contributed by atoms with Crippen LogP contribution in [0.25, 0.3) is 0 Å². The Bertz CT molecular complexity index is 688. The minimum atomic E-state index is -0.0155. The van der Waals surface area contributed by atoms with Gasteiger partial charge in [-0.05, 0) is 36.2 Å². The average Bonchev–Trinajstić information content (AvgIpc) is 2.49. The molecule has 0 radical (unpaired) electrons. The lowest BCUT2D eigenvalue weighted by molar-refractivity contribution is 0.0980. The van der Waals surface area contributed by atoms with Crippen molar-refractivity contribution in [1.82, 2.24) is 4.98 Å². The average molecular weight is 303 g/mol. The molecule has 0 unspecified atom stereocenters. The molecule has 0 saturated carbocycles. The molecule has 0 N–H and O–H groups in total. The van der Waals surface area contributed by atoms with Crippen molar-refractivity contribution in [2.75, 3.05) is 18.6 Å². The fraction of sp³-hybridized carbons (Fsp3) is 0.250. The number of aromatic nitrogens is 1. The fourth-order valence-corrected chi connectivity index (χ4v) is 2.82. The van der Waals surface area contributed by atoms with Gasteiger partial charge in [0, 0.05) is 36.0 Å². The molecular weight excluding hydrogens is 288 g/mol. The SMILES string of the molecule is COCc1ccncc1N1CCc2cc(Cl)ccc2C1=O. The van der Waals surface area contributed by atoms with E-state index in [1.165, 1.54) is 0 Å². The Kier molecular flexibility index (Phi) is 3.90. The molecule has 5 heteroatoms. The maximum atomic E-state index is 12.7. The number of fused-ring (bicyclic) bond motifs is 1. The third kappa shape index (κ3) is 2.64. The quantitative estimate of drug-likeness (QED) is 0.875. The van der Waals surface area contributed by atoms with Crippen LogP contribution < -0.4 is 4.90 Å². The molecular formula is C16H15ClN2O2. The summed E-state index contributed by atoms with van der Waals surface area (Å²) in [6.07, 6.45) is 4.20. The molecule has 1 aromatic heterocycles. The molecule has 3 rings (SSSR count). The minimum Gasteiger partial charge on any atom is -0.380 e. The third-order valence-electron chi connectivity index (χ3n) is 3.63. The first-order chi connectivity index (χ1) is 10.2. The first-order valence-corrected chi connectivity index (χ1v) is 7.10. The number of amides is 1. The van der Waals surface area contributed by atoms with Crippen molar-refractivity contribution in [2.24, 2.45) is 0 Å². The van der Waals surface area contributed by atoms with Crippen LogP contribution in [0.1, 0.15) is 21.5 Å². The molecule has 0 bridgehead atoms. The number of hydrogen-bond acceptors (Lipinski definition) is 3. The topological polar surface area (TPSA) is 42.4 Å². The van der Waals surface area contributed by atoms with Gasteiger partial charge in [0.05, 0.1) is 18.5 Å².